The highest BCUT2D eigenvalue weighted by Crippen LogP contribution is 2.30. The molecule has 0 fully saturated rings. The Morgan fingerprint density at radius 1 is 1.13 bits per heavy atom. The van der Waals surface area contributed by atoms with Gasteiger partial charge in [-0.05, 0) is 37.6 Å². The van der Waals surface area contributed by atoms with E-state index >= 15 is 0 Å². The van der Waals surface area contributed by atoms with E-state index in [0.717, 1.165) is 16.8 Å². The zero-order valence-corrected chi connectivity index (χ0v) is 17.6. The van der Waals surface area contributed by atoms with Crippen LogP contribution in [0.15, 0.2) is 59.9 Å². The molecular weight excluding hydrogens is 396 g/mol. The van der Waals surface area contributed by atoms with E-state index in [9.17, 15) is 9.90 Å². The first-order chi connectivity index (χ1) is 14.9. The summed E-state index contributed by atoms with van der Waals surface area (Å²) in [5.74, 6) is 1.20. The number of hydrogen-bond acceptors (Lipinski definition) is 6. The standard InChI is InChI=1S/C23H24N4O4/c1-23(2,29)10-11-31-17-7-4-15(5-8-17)18-13-27(16-6-9-19(30-3)24-12-16)21-20(18)22(28)26-14-25-21/h4-9,12-14,29H,10-11H2,1-3H3,(H,25,26,28). The van der Waals surface area contributed by atoms with Gasteiger partial charge in [-0.3, -0.25) is 9.36 Å². The van der Waals surface area contributed by atoms with Crippen molar-refractivity contribution in [3.8, 4) is 28.4 Å². The van der Waals surface area contributed by atoms with E-state index < -0.39 is 5.60 Å². The van der Waals surface area contributed by atoms with Crippen LogP contribution < -0.4 is 15.0 Å². The first-order valence-electron chi connectivity index (χ1n) is 9.90. The normalized spacial score (nSPS) is 11.6. The monoisotopic (exact) mass is 420 g/mol. The predicted molar refractivity (Wildman–Crippen MR) is 118 cm³/mol. The van der Waals surface area contributed by atoms with E-state index in [-0.39, 0.29) is 5.56 Å². The molecule has 0 aliphatic rings. The Balaban J connectivity index is 1.70. The van der Waals surface area contributed by atoms with Gasteiger partial charge in [0, 0.05) is 24.2 Å². The molecule has 0 atom stereocenters. The third-order valence-electron chi connectivity index (χ3n) is 4.94. The van der Waals surface area contributed by atoms with Crippen molar-refractivity contribution in [3.63, 3.8) is 0 Å². The van der Waals surface area contributed by atoms with Crippen LogP contribution in [0.3, 0.4) is 0 Å². The third kappa shape index (κ3) is 4.44. The van der Waals surface area contributed by atoms with Crippen LogP contribution in [0.5, 0.6) is 11.6 Å². The number of ether oxygens (including phenoxy) is 2. The van der Waals surface area contributed by atoms with Gasteiger partial charge in [0.2, 0.25) is 5.88 Å². The van der Waals surface area contributed by atoms with Crippen LogP contribution in [0.1, 0.15) is 20.3 Å². The quantitative estimate of drug-likeness (QED) is 0.476. The number of rotatable bonds is 7. The van der Waals surface area contributed by atoms with Crippen molar-refractivity contribution < 1.29 is 14.6 Å². The number of benzene rings is 1. The molecule has 0 aliphatic carbocycles. The molecule has 0 spiro atoms. The van der Waals surface area contributed by atoms with Gasteiger partial charge in [0.25, 0.3) is 5.56 Å². The van der Waals surface area contributed by atoms with Gasteiger partial charge in [-0.15, -0.1) is 0 Å². The van der Waals surface area contributed by atoms with E-state index in [1.165, 1.54) is 6.33 Å². The lowest BCUT2D eigenvalue weighted by Gasteiger charge is -2.17. The van der Waals surface area contributed by atoms with Crippen LogP contribution in [0.2, 0.25) is 0 Å². The Labute approximate surface area is 179 Å². The van der Waals surface area contributed by atoms with Gasteiger partial charge in [-0.2, -0.15) is 0 Å². The van der Waals surface area contributed by atoms with Crippen LogP contribution in [0.25, 0.3) is 27.8 Å². The van der Waals surface area contributed by atoms with Gasteiger partial charge in [-0.25, -0.2) is 9.97 Å². The summed E-state index contributed by atoms with van der Waals surface area (Å²) in [5.41, 5.74) is 1.93. The summed E-state index contributed by atoms with van der Waals surface area (Å²) < 4.78 is 12.7. The lowest BCUT2D eigenvalue weighted by molar-refractivity contribution is 0.0553. The lowest BCUT2D eigenvalue weighted by atomic mass is 10.1. The molecule has 0 radical (unpaired) electrons. The number of aromatic nitrogens is 4. The molecule has 4 aromatic rings. The summed E-state index contributed by atoms with van der Waals surface area (Å²) in [6.07, 6.45) is 5.46. The zero-order chi connectivity index (χ0) is 22.0. The molecule has 31 heavy (non-hydrogen) atoms. The molecule has 0 saturated carbocycles. The predicted octanol–water partition coefficient (Wildman–Crippen LogP) is 3.32. The lowest BCUT2D eigenvalue weighted by Crippen LogP contribution is -2.21. The first-order valence-corrected chi connectivity index (χ1v) is 9.90. The number of nitrogens with zero attached hydrogens (tertiary/aromatic N) is 3. The van der Waals surface area contributed by atoms with Gasteiger partial charge in [-0.1, -0.05) is 12.1 Å². The van der Waals surface area contributed by atoms with Gasteiger partial charge in [0.05, 0.1) is 42.9 Å². The fourth-order valence-corrected chi connectivity index (χ4v) is 3.27. The Hall–Kier alpha value is -3.65. The summed E-state index contributed by atoms with van der Waals surface area (Å²) in [5, 5.41) is 10.3. The summed E-state index contributed by atoms with van der Waals surface area (Å²) in [6.45, 7) is 3.91. The Kier molecular flexibility index (Phi) is 5.48. The highest BCUT2D eigenvalue weighted by atomic mass is 16.5. The summed E-state index contributed by atoms with van der Waals surface area (Å²) in [7, 11) is 1.56. The molecular formula is C23H24N4O4. The maximum Gasteiger partial charge on any atom is 0.260 e. The average molecular weight is 420 g/mol. The van der Waals surface area contributed by atoms with Crippen molar-refractivity contribution in [1.82, 2.24) is 19.5 Å². The van der Waals surface area contributed by atoms with E-state index in [2.05, 4.69) is 15.0 Å². The van der Waals surface area contributed by atoms with Crippen molar-refractivity contribution >= 4 is 11.0 Å². The minimum Gasteiger partial charge on any atom is -0.493 e. The molecule has 0 bridgehead atoms. The number of hydrogen-bond donors (Lipinski definition) is 2. The smallest absolute Gasteiger partial charge is 0.260 e. The number of methoxy groups -OCH3 is 1. The van der Waals surface area contributed by atoms with Crippen molar-refractivity contribution in [2.75, 3.05) is 13.7 Å². The average Bonchev–Trinajstić information content (AvgIpc) is 3.14. The summed E-state index contributed by atoms with van der Waals surface area (Å²) >= 11 is 0. The number of H-pyrrole nitrogens is 1. The molecule has 3 aromatic heterocycles. The second-order valence-corrected chi connectivity index (χ2v) is 7.84. The number of fused-ring (bicyclic) bond motifs is 1. The largest absolute Gasteiger partial charge is 0.493 e. The molecule has 8 nitrogen and oxygen atoms in total. The van der Waals surface area contributed by atoms with Gasteiger partial charge in [0.15, 0.2) is 5.65 Å². The van der Waals surface area contributed by atoms with Crippen LogP contribution in [0.4, 0.5) is 0 Å². The van der Waals surface area contributed by atoms with Crippen LogP contribution in [0, 0.1) is 0 Å². The molecule has 1 aromatic carbocycles. The third-order valence-corrected chi connectivity index (χ3v) is 4.94. The molecule has 0 saturated heterocycles. The zero-order valence-electron chi connectivity index (χ0n) is 17.6. The fraction of sp³-hybridized carbons (Fsp3) is 0.261. The highest BCUT2D eigenvalue weighted by Gasteiger charge is 2.16. The van der Waals surface area contributed by atoms with Crippen LogP contribution in [-0.4, -0.2) is 43.9 Å². The molecule has 160 valence electrons. The minimum atomic E-state index is -0.772. The molecule has 4 rings (SSSR count). The first kappa shape index (κ1) is 20.6. The van der Waals surface area contributed by atoms with E-state index in [4.69, 9.17) is 9.47 Å². The Morgan fingerprint density at radius 2 is 1.90 bits per heavy atom. The molecule has 0 amide bonds. The van der Waals surface area contributed by atoms with Gasteiger partial charge < -0.3 is 19.6 Å². The summed E-state index contributed by atoms with van der Waals surface area (Å²) in [6, 6.07) is 11.1. The number of pyridine rings is 1. The second-order valence-electron chi connectivity index (χ2n) is 7.84. The summed E-state index contributed by atoms with van der Waals surface area (Å²) in [4.78, 5) is 23.9. The maximum absolute atomic E-state index is 12.6. The topological polar surface area (TPSA) is 102 Å². The second kappa shape index (κ2) is 8.23. The molecule has 3 heterocycles. The van der Waals surface area contributed by atoms with Crippen molar-refractivity contribution in [2.45, 2.75) is 25.9 Å². The van der Waals surface area contributed by atoms with Crippen molar-refractivity contribution in [3.05, 3.63) is 65.5 Å². The maximum atomic E-state index is 12.6. The number of aromatic amines is 1. The van der Waals surface area contributed by atoms with Gasteiger partial charge >= 0.3 is 0 Å². The van der Waals surface area contributed by atoms with Crippen molar-refractivity contribution in [1.29, 1.82) is 0 Å². The molecule has 2 N–H and O–H groups in total. The highest BCUT2D eigenvalue weighted by molar-refractivity contribution is 5.94. The number of nitrogens with one attached hydrogen (secondary N) is 1. The molecule has 8 heteroatoms. The van der Waals surface area contributed by atoms with Crippen LogP contribution >= 0.6 is 0 Å². The fourth-order valence-electron chi connectivity index (χ4n) is 3.27. The van der Waals surface area contributed by atoms with E-state index in [1.807, 2.05) is 41.1 Å². The Bertz CT molecular complexity index is 1240. The van der Waals surface area contributed by atoms with E-state index in [0.29, 0.717) is 35.7 Å². The van der Waals surface area contributed by atoms with Gasteiger partial charge in [0.1, 0.15) is 5.75 Å². The van der Waals surface area contributed by atoms with E-state index in [1.54, 1.807) is 33.2 Å². The number of aliphatic hydroxyl groups is 1. The Morgan fingerprint density at radius 3 is 2.55 bits per heavy atom. The van der Waals surface area contributed by atoms with Crippen molar-refractivity contribution in [2.24, 2.45) is 0 Å². The molecule has 0 aliphatic heterocycles. The molecule has 0 unspecified atom stereocenters. The van der Waals surface area contributed by atoms with Crippen LogP contribution in [-0.2, 0) is 0 Å². The minimum absolute atomic E-state index is 0.217. The SMILES string of the molecule is COc1ccc(-n2cc(-c3ccc(OCCC(C)(C)O)cc3)c3c(=O)[nH]cnc32)cn1.